The van der Waals surface area contributed by atoms with Crippen molar-refractivity contribution in [1.29, 1.82) is 0 Å². The second-order valence-corrected chi connectivity index (χ2v) is 11.5. The second-order valence-electron chi connectivity index (χ2n) is 11.5. The molecule has 0 aliphatic heterocycles. The fraction of sp³-hybridized carbons (Fsp3) is 0.0833. The van der Waals surface area contributed by atoms with Crippen LogP contribution in [-0.2, 0) is 5.41 Å². The first-order valence-electron chi connectivity index (χ1n) is 13.9. The van der Waals surface area contributed by atoms with Gasteiger partial charge in [0.15, 0.2) is 5.65 Å². The number of hydrogen-bond donors (Lipinski definition) is 0. The lowest BCUT2D eigenvalue weighted by molar-refractivity contribution is 0.661. The summed E-state index contributed by atoms with van der Waals surface area (Å²) >= 11 is 0. The minimum atomic E-state index is -0.158. The molecule has 5 aromatic carbocycles. The third-order valence-electron chi connectivity index (χ3n) is 8.92. The zero-order valence-corrected chi connectivity index (χ0v) is 22.6. The maximum absolute atomic E-state index is 14.2. The Labute approximate surface area is 235 Å². The minimum Gasteiger partial charge on any atom is -0.279 e. The molecule has 0 bridgehead atoms. The molecule has 0 atom stereocenters. The van der Waals surface area contributed by atoms with Crippen molar-refractivity contribution in [2.75, 3.05) is 0 Å². The van der Waals surface area contributed by atoms with Crippen molar-refractivity contribution in [2.45, 2.75) is 19.3 Å². The number of para-hydroxylation sites is 3. The highest BCUT2D eigenvalue weighted by atomic mass is 16.1. The lowest BCUT2D eigenvalue weighted by Gasteiger charge is -2.21. The maximum Gasteiger partial charge on any atom is 0.268 e. The number of rotatable bonds is 1. The Morgan fingerprint density at radius 1 is 0.585 bits per heavy atom. The van der Waals surface area contributed by atoms with Crippen LogP contribution >= 0.6 is 0 Å². The molecule has 0 fully saturated rings. The molecule has 0 amide bonds. The SMILES string of the molecule is CC1(C)c2ccccc2-c2cc3c4ccccc4n(-c4nc5ccccc5c5nc6ccccc6c(=O)n45)c3cc21. The van der Waals surface area contributed by atoms with Gasteiger partial charge in [0.1, 0.15) is 0 Å². The summed E-state index contributed by atoms with van der Waals surface area (Å²) in [7, 11) is 0. The van der Waals surface area contributed by atoms with Gasteiger partial charge in [-0.05, 0) is 64.7 Å². The molecular weight excluding hydrogens is 504 g/mol. The average molecular weight is 529 g/mol. The molecule has 0 saturated heterocycles. The minimum absolute atomic E-state index is 0.126. The molecule has 3 aromatic heterocycles. The molecule has 1 aliphatic rings. The molecule has 194 valence electrons. The monoisotopic (exact) mass is 528 g/mol. The lowest BCUT2D eigenvalue weighted by atomic mass is 9.82. The van der Waals surface area contributed by atoms with Crippen LogP contribution in [0.3, 0.4) is 0 Å². The Morgan fingerprint density at radius 3 is 2.07 bits per heavy atom. The van der Waals surface area contributed by atoms with Crippen LogP contribution in [0.5, 0.6) is 0 Å². The van der Waals surface area contributed by atoms with Gasteiger partial charge >= 0.3 is 0 Å². The van der Waals surface area contributed by atoms with Crippen LogP contribution in [0.2, 0.25) is 0 Å². The summed E-state index contributed by atoms with van der Waals surface area (Å²) < 4.78 is 3.85. The number of nitrogens with zero attached hydrogens (tertiary/aromatic N) is 4. The average Bonchev–Trinajstić information content (AvgIpc) is 3.44. The van der Waals surface area contributed by atoms with Crippen molar-refractivity contribution in [3.8, 4) is 17.1 Å². The first kappa shape index (κ1) is 22.5. The van der Waals surface area contributed by atoms with Gasteiger partial charge in [0.05, 0.1) is 27.5 Å². The van der Waals surface area contributed by atoms with E-state index in [2.05, 4.69) is 73.0 Å². The van der Waals surface area contributed by atoms with Crippen LogP contribution < -0.4 is 5.56 Å². The van der Waals surface area contributed by atoms with Crippen LogP contribution in [0, 0.1) is 0 Å². The van der Waals surface area contributed by atoms with E-state index in [0.717, 1.165) is 32.7 Å². The van der Waals surface area contributed by atoms with Gasteiger partial charge in [-0.1, -0.05) is 80.6 Å². The van der Waals surface area contributed by atoms with Gasteiger partial charge in [-0.2, -0.15) is 0 Å². The van der Waals surface area contributed by atoms with E-state index in [9.17, 15) is 4.79 Å². The third kappa shape index (κ3) is 2.82. The number of benzene rings is 5. The molecule has 0 spiro atoms. The van der Waals surface area contributed by atoms with E-state index in [0.29, 0.717) is 22.5 Å². The maximum atomic E-state index is 14.2. The first-order valence-corrected chi connectivity index (χ1v) is 13.9. The van der Waals surface area contributed by atoms with E-state index in [1.165, 1.54) is 22.3 Å². The van der Waals surface area contributed by atoms with Crippen LogP contribution in [0.4, 0.5) is 0 Å². The van der Waals surface area contributed by atoms with Gasteiger partial charge in [0.2, 0.25) is 5.95 Å². The second kappa shape index (κ2) is 7.67. The molecule has 9 rings (SSSR count). The molecule has 1 aliphatic carbocycles. The normalized spacial score (nSPS) is 13.9. The largest absolute Gasteiger partial charge is 0.279 e. The van der Waals surface area contributed by atoms with Gasteiger partial charge in [0.25, 0.3) is 5.56 Å². The van der Waals surface area contributed by atoms with Crippen molar-refractivity contribution in [3.63, 3.8) is 0 Å². The highest BCUT2D eigenvalue weighted by Gasteiger charge is 2.36. The molecule has 8 aromatic rings. The summed E-state index contributed by atoms with van der Waals surface area (Å²) in [5.74, 6) is 0.543. The highest BCUT2D eigenvalue weighted by molar-refractivity contribution is 6.11. The van der Waals surface area contributed by atoms with E-state index in [-0.39, 0.29) is 11.0 Å². The Balaban J connectivity index is 1.50. The van der Waals surface area contributed by atoms with E-state index in [4.69, 9.17) is 9.97 Å². The van der Waals surface area contributed by atoms with Crippen LogP contribution in [0.1, 0.15) is 25.0 Å². The van der Waals surface area contributed by atoms with Gasteiger partial charge in [0, 0.05) is 21.6 Å². The smallest absolute Gasteiger partial charge is 0.268 e. The Bertz CT molecular complexity index is 2480. The van der Waals surface area contributed by atoms with Gasteiger partial charge < -0.3 is 0 Å². The topological polar surface area (TPSA) is 52.2 Å². The van der Waals surface area contributed by atoms with Crippen molar-refractivity contribution < 1.29 is 0 Å². The standard InChI is InChI=1S/C36H24N4O/c1-36(2)27-15-7-3-11-21(27)25-19-26-22-12-6-10-18-31(22)39(32(26)20-28(25)36)35-38-29-16-8-4-13-23(29)33-37-30-17-9-5-14-24(30)34(41)40(33)35/h3-20H,1-2H3. The zero-order chi connectivity index (χ0) is 27.5. The zero-order valence-electron chi connectivity index (χ0n) is 22.6. The van der Waals surface area contributed by atoms with Gasteiger partial charge in [-0.25, -0.2) is 14.4 Å². The van der Waals surface area contributed by atoms with E-state index in [1.54, 1.807) is 4.40 Å². The van der Waals surface area contributed by atoms with Crippen LogP contribution in [0.25, 0.3) is 66.3 Å². The predicted octanol–water partition coefficient (Wildman–Crippen LogP) is 7.80. The molecule has 0 radical (unpaired) electrons. The molecule has 0 unspecified atom stereocenters. The van der Waals surface area contributed by atoms with Crippen molar-refractivity contribution >= 4 is 49.3 Å². The first-order chi connectivity index (χ1) is 20.0. The molecule has 0 N–H and O–H groups in total. The number of fused-ring (bicyclic) bond motifs is 10. The molecule has 0 saturated carbocycles. The summed E-state index contributed by atoms with van der Waals surface area (Å²) in [6.45, 7) is 4.58. The van der Waals surface area contributed by atoms with Crippen LogP contribution in [0.15, 0.2) is 114 Å². The summed E-state index contributed by atoms with van der Waals surface area (Å²) in [5, 5.41) is 3.67. The van der Waals surface area contributed by atoms with Crippen molar-refractivity contribution in [1.82, 2.24) is 18.9 Å². The van der Waals surface area contributed by atoms with Crippen molar-refractivity contribution in [2.24, 2.45) is 0 Å². The lowest BCUT2D eigenvalue weighted by Crippen LogP contribution is -2.21. The molecule has 41 heavy (non-hydrogen) atoms. The Morgan fingerprint density at radius 2 is 1.24 bits per heavy atom. The van der Waals surface area contributed by atoms with E-state index in [1.807, 2.05) is 54.6 Å². The number of hydrogen-bond acceptors (Lipinski definition) is 3. The number of aromatic nitrogens is 4. The van der Waals surface area contributed by atoms with Crippen LogP contribution in [-0.4, -0.2) is 18.9 Å². The predicted molar refractivity (Wildman–Crippen MR) is 166 cm³/mol. The molecular formula is C36H24N4O. The molecule has 3 heterocycles. The molecule has 5 nitrogen and oxygen atoms in total. The molecule has 5 heteroatoms. The summed E-state index contributed by atoms with van der Waals surface area (Å²) in [4.78, 5) is 24.4. The fourth-order valence-corrected chi connectivity index (χ4v) is 6.95. The van der Waals surface area contributed by atoms with E-state index >= 15 is 0 Å². The van der Waals surface area contributed by atoms with E-state index < -0.39 is 0 Å². The Kier molecular flexibility index (Phi) is 4.21. The van der Waals surface area contributed by atoms with Crippen molar-refractivity contribution in [3.05, 3.63) is 131 Å². The third-order valence-corrected chi connectivity index (χ3v) is 8.92. The summed E-state index contributed by atoms with van der Waals surface area (Å²) in [6.07, 6.45) is 0. The van der Waals surface area contributed by atoms with Gasteiger partial charge in [-0.3, -0.25) is 9.36 Å². The summed E-state index contributed by atoms with van der Waals surface area (Å²) in [5.41, 5.74) is 8.98. The summed E-state index contributed by atoms with van der Waals surface area (Å²) in [6, 6.07) is 37.2. The highest BCUT2D eigenvalue weighted by Crippen LogP contribution is 2.50. The quantitative estimate of drug-likeness (QED) is 0.161. The fourth-order valence-electron chi connectivity index (χ4n) is 6.95. The van der Waals surface area contributed by atoms with Gasteiger partial charge in [-0.15, -0.1) is 0 Å². The Hall–Kier alpha value is -5.29.